The van der Waals surface area contributed by atoms with E-state index in [-0.39, 0.29) is 0 Å². The van der Waals surface area contributed by atoms with Gasteiger partial charge in [-0.3, -0.25) is 9.97 Å². The van der Waals surface area contributed by atoms with Gasteiger partial charge in [0.05, 0.1) is 33.5 Å². The van der Waals surface area contributed by atoms with Gasteiger partial charge in [0, 0.05) is 45.1 Å². The summed E-state index contributed by atoms with van der Waals surface area (Å²) in [5.74, 6) is 0. The number of pyridine rings is 4. The smallest absolute Gasteiger partial charge is 0.0978 e. The molecule has 0 N–H and O–H groups in total. The van der Waals surface area contributed by atoms with Gasteiger partial charge in [0.1, 0.15) is 0 Å². The number of aromatic nitrogens is 4. The lowest BCUT2D eigenvalue weighted by molar-refractivity contribution is 1.37. The molecule has 0 saturated heterocycles. The van der Waals surface area contributed by atoms with E-state index in [0.717, 1.165) is 111 Å². The molecule has 0 saturated carbocycles. The van der Waals surface area contributed by atoms with E-state index in [1.165, 1.54) is 32.7 Å². The SMILES string of the molecule is c1ccc(-c2cc(-c3ccc(-c4c5ccccc5c(-c5cc(-c6ccccc6)nc6c5ccc5c(-c7ccccc7)ccnc56)c5ccccc45)cc3)c3ccc4c(-c5ccccc5)ccnc4c3n2)cc1. The zero-order valence-corrected chi connectivity index (χ0v) is 39.0. The monoisotopic (exact) mass is 914 g/mol. The minimum absolute atomic E-state index is 0.883. The zero-order chi connectivity index (χ0) is 47.5. The Morgan fingerprint density at radius 1 is 0.208 bits per heavy atom. The number of hydrogen-bond donors (Lipinski definition) is 0. The van der Waals surface area contributed by atoms with Gasteiger partial charge in [0.2, 0.25) is 0 Å². The van der Waals surface area contributed by atoms with Crippen LogP contribution in [0.3, 0.4) is 0 Å². The number of rotatable bonds is 7. The Kier molecular flexibility index (Phi) is 9.82. The molecular weight excluding hydrogens is 873 g/mol. The molecule has 0 atom stereocenters. The van der Waals surface area contributed by atoms with Crippen molar-refractivity contribution in [1.29, 1.82) is 0 Å². The lowest BCUT2D eigenvalue weighted by atomic mass is 9.84. The predicted molar refractivity (Wildman–Crippen MR) is 301 cm³/mol. The fourth-order valence-electron chi connectivity index (χ4n) is 11.0. The Balaban J connectivity index is 0.969. The molecule has 14 rings (SSSR count). The maximum atomic E-state index is 5.46. The van der Waals surface area contributed by atoms with E-state index in [4.69, 9.17) is 19.9 Å². The molecular formula is C68H42N4. The van der Waals surface area contributed by atoms with Crippen molar-refractivity contribution in [2.75, 3.05) is 0 Å². The third-order valence-corrected chi connectivity index (χ3v) is 14.4. The summed E-state index contributed by atoms with van der Waals surface area (Å²) in [4.78, 5) is 20.9. The van der Waals surface area contributed by atoms with Crippen molar-refractivity contribution >= 4 is 65.2 Å². The molecule has 0 unspecified atom stereocenters. The van der Waals surface area contributed by atoms with Gasteiger partial charge in [-0.2, -0.15) is 0 Å². The van der Waals surface area contributed by atoms with Gasteiger partial charge in [-0.1, -0.05) is 218 Å². The van der Waals surface area contributed by atoms with Crippen LogP contribution in [-0.4, -0.2) is 19.9 Å². The quantitative estimate of drug-likeness (QED) is 0.118. The van der Waals surface area contributed by atoms with Crippen molar-refractivity contribution in [2.45, 2.75) is 0 Å². The second-order valence-corrected chi connectivity index (χ2v) is 18.4. The highest BCUT2D eigenvalue weighted by Gasteiger charge is 2.22. The highest BCUT2D eigenvalue weighted by molar-refractivity contribution is 6.25. The van der Waals surface area contributed by atoms with Gasteiger partial charge in [-0.15, -0.1) is 0 Å². The van der Waals surface area contributed by atoms with Crippen LogP contribution in [0.4, 0.5) is 0 Å². The molecule has 0 fully saturated rings. The molecule has 0 radical (unpaired) electrons. The largest absolute Gasteiger partial charge is 0.254 e. The van der Waals surface area contributed by atoms with Crippen LogP contribution in [-0.2, 0) is 0 Å². The summed E-state index contributed by atoms with van der Waals surface area (Å²) in [5.41, 5.74) is 18.9. The van der Waals surface area contributed by atoms with E-state index < -0.39 is 0 Å². The predicted octanol–water partition coefficient (Wildman–Crippen LogP) is 17.9. The Labute approximate surface area is 416 Å². The number of nitrogens with zero attached hydrogens (tertiary/aromatic N) is 4. The van der Waals surface area contributed by atoms with Gasteiger partial charge in [0.25, 0.3) is 0 Å². The summed E-state index contributed by atoms with van der Waals surface area (Å²) in [5, 5.41) is 9.00. The summed E-state index contributed by atoms with van der Waals surface area (Å²) in [7, 11) is 0. The second kappa shape index (κ2) is 17.1. The topological polar surface area (TPSA) is 51.6 Å². The molecule has 14 aromatic rings. The van der Waals surface area contributed by atoms with Gasteiger partial charge >= 0.3 is 0 Å². The minimum Gasteiger partial charge on any atom is -0.254 e. The van der Waals surface area contributed by atoms with Crippen LogP contribution in [0, 0.1) is 0 Å². The van der Waals surface area contributed by atoms with Crippen LogP contribution in [0.25, 0.3) is 143 Å². The average molecular weight is 915 g/mol. The van der Waals surface area contributed by atoms with Crippen LogP contribution in [0.15, 0.2) is 255 Å². The van der Waals surface area contributed by atoms with Crippen LogP contribution in [0.2, 0.25) is 0 Å². The molecule has 4 aromatic heterocycles. The van der Waals surface area contributed by atoms with Crippen LogP contribution in [0.1, 0.15) is 0 Å². The van der Waals surface area contributed by atoms with Gasteiger partial charge in [-0.25, -0.2) is 9.97 Å². The number of benzene rings is 10. The normalized spacial score (nSPS) is 11.6. The van der Waals surface area contributed by atoms with E-state index in [2.05, 4.69) is 243 Å². The molecule has 0 bridgehead atoms. The van der Waals surface area contributed by atoms with Crippen molar-refractivity contribution in [3.63, 3.8) is 0 Å². The standard InChI is InChI=1S/C68H42N4/c1-5-17-43(18-6-1)49-37-39-69-65-55(49)33-35-57-59(41-61(71-67(57)65)46-21-9-3-10-22-46)45-29-31-48(32-30-45)63-51-25-13-15-27-53(51)64(54-28-16-14-26-52(54)63)60-42-62(47-23-11-4-12-24-47)72-68-58(60)36-34-56-50(38-40-70-66(56)68)44-19-7-2-8-20-44/h1-42H. The molecule has 72 heavy (non-hydrogen) atoms. The average Bonchev–Trinajstić information content (AvgIpc) is 3.46. The van der Waals surface area contributed by atoms with Crippen LogP contribution < -0.4 is 0 Å². The second-order valence-electron chi connectivity index (χ2n) is 18.4. The molecule has 0 spiro atoms. The van der Waals surface area contributed by atoms with Crippen LogP contribution >= 0.6 is 0 Å². The van der Waals surface area contributed by atoms with Gasteiger partial charge in [0.15, 0.2) is 0 Å². The first-order chi connectivity index (χ1) is 35.7. The lowest BCUT2D eigenvalue weighted by Crippen LogP contribution is -1.96. The van der Waals surface area contributed by atoms with Crippen molar-refractivity contribution in [2.24, 2.45) is 0 Å². The molecule has 4 heterocycles. The Morgan fingerprint density at radius 2 is 0.542 bits per heavy atom. The van der Waals surface area contributed by atoms with E-state index >= 15 is 0 Å². The first-order valence-electron chi connectivity index (χ1n) is 24.4. The zero-order valence-electron chi connectivity index (χ0n) is 39.0. The third-order valence-electron chi connectivity index (χ3n) is 14.4. The lowest BCUT2D eigenvalue weighted by Gasteiger charge is -2.20. The first-order valence-corrected chi connectivity index (χ1v) is 24.4. The summed E-state index contributed by atoms with van der Waals surface area (Å²) in [6.07, 6.45) is 3.83. The van der Waals surface area contributed by atoms with E-state index in [1.54, 1.807) is 0 Å². The molecule has 0 aliphatic carbocycles. The Hall–Kier alpha value is -9.64. The van der Waals surface area contributed by atoms with Crippen molar-refractivity contribution in [3.8, 4) is 78.1 Å². The molecule has 334 valence electrons. The van der Waals surface area contributed by atoms with Gasteiger partial charge in [-0.05, 0) is 101 Å². The van der Waals surface area contributed by atoms with E-state index in [1.807, 2.05) is 12.4 Å². The number of fused-ring (bicyclic) bond motifs is 8. The Bertz CT molecular complexity index is 4350. The van der Waals surface area contributed by atoms with E-state index in [9.17, 15) is 0 Å². The summed E-state index contributed by atoms with van der Waals surface area (Å²) in [6.45, 7) is 0. The fourth-order valence-corrected chi connectivity index (χ4v) is 11.0. The van der Waals surface area contributed by atoms with E-state index in [0.29, 0.717) is 0 Å². The summed E-state index contributed by atoms with van der Waals surface area (Å²) in [6, 6.07) is 86.7. The highest BCUT2D eigenvalue weighted by atomic mass is 14.8. The molecule has 4 nitrogen and oxygen atoms in total. The minimum atomic E-state index is 0.883. The molecule has 10 aromatic carbocycles. The van der Waals surface area contributed by atoms with Gasteiger partial charge < -0.3 is 0 Å². The Morgan fingerprint density at radius 3 is 0.986 bits per heavy atom. The first kappa shape index (κ1) is 41.3. The molecule has 4 heteroatoms. The molecule has 0 aliphatic rings. The summed E-state index contributed by atoms with van der Waals surface area (Å²) < 4.78 is 0. The molecule has 0 amide bonds. The maximum Gasteiger partial charge on any atom is 0.0978 e. The highest BCUT2D eigenvalue weighted by Crippen LogP contribution is 2.48. The third kappa shape index (κ3) is 6.84. The molecule has 0 aliphatic heterocycles. The van der Waals surface area contributed by atoms with Crippen molar-refractivity contribution in [1.82, 2.24) is 19.9 Å². The van der Waals surface area contributed by atoms with Crippen molar-refractivity contribution in [3.05, 3.63) is 255 Å². The van der Waals surface area contributed by atoms with Crippen molar-refractivity contribution < 1.29 is 0 Å². The summed E-state index contributed by atoms with van der Waals surface area (Å²) >= 11 is 0. The number of hydrogen-bond acceptors (Lipinski definition) is 4. The van der Waals surface area contributed by atoms with Crippen LogP contribution in [0.5, 0.6) is 0 Å². The fraction of sp³-hybridized carbons (Fsp3) is 0. The maximum absolute atomic E-state index is 5.46.